The van der Waals surface area contributed by atoms with Crippen LogP contribution in [0.4, 0.5) is 18.9 Å². The second-order valence-corrected chi connectivity index (χ2v) is 3.30. The number of halogens is 3. The quantitative estimate of drug-likeness (QED) is 0.767. The summed E-state index contributed by atoms with van der Waals surface area (Å²) in [5.74, 6) is 0. The van der Waals surface area contributed by atoms with E-state index >= 15 is 0 Å². The summed E-state index contributed by atoms with van der Waals surface area (Å²) in [5, 5.41) is 9.48. The minimum absolute atomic E-state index is 0.312. The Hall–Kier alpha value is -1.23. The summed E-state index contributed by atoms with van der Waals surface area (Å²) in [7, 11) is 0. The summed E-state index contributed by atoms with van der Waals surface area (Å²) in [6.07, 6.45) is -6.78. The summed E-state index contributed by atoms with van der Waals surface area (Å²) >= 11 is 0. The van der Waals surface area contributed by atoms with Gasteiger partial charge in [0.2, 0.25) is 0 Å². The smallest absolute Gasteiger partial charge is 0.389 e. The number of aliphatic hydroxyl groups is 1. The summed E-state index contributed by atoms with van der Waals surface area (Å²) in [6, 6.07) is 6.36. The molecule has 1 unspecified atom stereocenters. The van der Waals surface area contributed by atoms with Gasteiger partial charge in [-0.15, -0.1) is 0 Å². The molecule has 0 saturated carbocycles. The zero-order valence-electron chi connectivity index (χ0n) is 7.96. The summed E-state index contributed by atoms with van der Waals surface area (Å²) in [6.45, 7) is 0. The van der Waals surface area contributed by atoms with E-state index in [0.29, 0.717) is 11.3 Å². The number of alkyl halides is 3. The molecule has 0 aliphatic rings. The van der Waals surface area contributed by atoms with Crippen LogP contribution in [0.5, 0.6) is 0 Å². The molecule has 3 N–H and O–H groups in total. The molecule has 1 atom stereocenters. The Kier molecular flexibility index (Phi) is 3.57. The maximum atomic E-state index is 11.9. The third kappa shape index (κ3) is 3.79. The van der Waals surface area contributed by atoms with E-state index in [1.165, 1.54) is 6.07 Å². The number of nitrogens with two attached hydrogens (primary N) is 1. The Morgan fingerprint density at radius 1 is 1.27 bits per heavy atom. The van der Waals surface area contributed by atoms with Gasteiger partial charge in [0.05, 0.1) is 6.10 Å². The van der Waals surface area contributed by atoms with Crippen LogP contribution >= 0.6 is 0 Å². The summed E-state index contributed by atoms with van der Waals surface area (Å²) in [5.41, 5.74) is 6.18. The topological polar surface area (TPSA) is 46.2 Å². The maximum Gasteiger partial charge on any atom is 0.389 e. The van der Waals surface area contributed by atoms with Gasteiger partial charge in [-0.1, -0.05) is 18.2 Å². The molecule has 2 nitrogen and oxygen atoms in total. The Morgan fingerprint density at radius 2 is 1.87 bits per heavy atom. The van der Waals surface area contributed by atoms with Crippen LogP contribution < -0.4 is 5.73 Å². The number of hydrogen-bond acceptors (Lipinski definition) is 2. The molecule has 1 aromatic carbocycles. The SMILES string of the molecule is Nc1ccccc1C(O)CCC(F)(F)F. The van der Waals surface area contributed by atoms with Gasteiger partial charge in [0.25, 0.3) is 0 Å². The molecule has 15 heavy (non-hydrogen) atoms. The number of benzene rings is 1. The molecular weight excluding hydrogens is 207 g/mol. The molecule has 0 aliphatic heterocycles. The van der Waals surface area contributed by atoms with E-state index in [0.717, 1.165) is 0 Å². The molecule has 0 spiro atoms. The maximum absolute atomic E-state index is 11.9. The first-order valence-electron chi connectivity index (χ1n) is 4.49. The minimum Gasteiger partial charge on any atom is -0.398 e. The van der Waals surface area contributed by atoms with E-state index in [4.69, 9.17) is 5.73 Å². The molecule has 0 radical (unpaired) electrons. The van der Waals surface area contributed by atoms with Crippen molar-refractivity contribution in [3.05, 3.63) is 29.8 Å². The number of hydrogen-bond donors (Lipinski definition) is 2. The zero-order chi connectivity index (χ0) is 11.5. The van der Waals surface area contributed by atoms with E-state index in [1.807, 2.05) is 0 Å². The second kappa shape index (κ2) is 4.53. The van der Waals surface area contributed by atoms with Gasteiger partial charge < -0.3 is 10.8 Å². The van der Waals surface area contributed by atoms with Gasteiger partial charge in [0.15, 0.2) is 0 Å². The van der Waals surface area contributed by atoms with E-state index in [2.05, 4.69) is 0 Å². The molecule has 0 heterocycles. The molecule has 5 heteroatoms. The van der Waals surface area contributed by atoms with Crippen molar-refractivity contribution in [1.82, 2.24) is 0 Å². The lowest BCUT2D eigenvalue weighted by molar-refractivity contribution is -0.140. The van der Waals surface area contributed by atoms with Crippen molar-refractivity contribution in [1.29, 1.82) is 0 Å². The van der Waals surface area contributed by atoms with Crippen molar-refractivity contribution in [3.63, 3.8) is 0 Å². The van der Waals surface area contributed by atoms with Crippen LogP contribution in [0.1, 0.15) is 24.5 Å². The van der Waals surface area contributed by atoms with Crippen LogP contribution in [0.25, 0.3) is 0 Å². The molecule has 0 aromatic heterocycles. The standard InChI is InChI=1S/C10H12F3NO/c11-10(12,13)6-5-9(15)7-3-1-2-4-8(7)14/h1-4,9,15H,5-6,14H2. The Bertz CT molecular complexity index is 325. The lowest BCUT2D eigenvalue weighted by atomic mass is 10.0. The van der Waals surface area contributed by atoms with Gasteiger partial charge in [0, 0.05) is 17.7 Å². The largest absolute Gasteiger partial charge is 0.398 e. The van der Waals surface area contributed by atoms with Crippen LogP contribution in [0, 0.1) is 0 Å². The van der Waals surface area contributed by atoms with Crippen LogP contribution in [0.15, 0.2) is 24.3 Å². The fourth-order valence-electron chi connectivity index (χ4n) is 1.27. The van der Waals surface area contributed by atoms with Gasteiger partial charge in [0.1, 0.15) is 0 Å². The molecule has 0 amide bonds. The van der Waals surface area contributed by atoms with Crippen LogP contribution in [0.3, 0.4) is 0 Å². The van der Waals surface area contributed by atoms with Crippen molar-refractivity contribution in [3.8, 4) is 0 Å². The number of nitrogen functional groups attached to an aromatic ring is 1. The molecule has 0 aliphatic carbocycles. The van der Waals surface area contributed by atoms with Gasteiger partial charge in [-0.05, 0) is 12.5 Å². The first-order valence-corrected chi connectivity index (χ1v) is 4.49. The highest BCUT2D eigenvalue weighted by Crippen LogP contribution is 2.29. The van der Waals surface area contributed by atoms with E-state index in [-0.39, 0.29) is 6.42 Å². The molecule has 84 valence electrons. The lowest BCUT2D eigenvalue weighted by Crippen LogP contribution is -2.10. The van der Waals surface area contributed by atoms with Gasteiger partial charge in [-0.3, -0.25) is 0 Å². The Morgan fingerprint density at radius 3 is 2.40 bits per heavy atom. The van der Waals surface area contributed by atoms with Crippen LogP contribution in [0.2, 0.25) is 0 Å². The number of rotatable bonds is 3. The monoisotopic (exact) mass is 219 g/mol. The normalized spacial score (nSPS) is 13.9. The minimum atomic E-state index is -4.25. The Labute approximate surface area is 85.5 Å². The van der Waals surface area contributed by atoms with E-state index in [9.17, 15) is 18.3 Å². The highest BCUT2D eigenvalue weighted by molar-refractivity contribution is 5.47. The summed E-state index contributed by atoms with van der Waals surface area (Å²) < 4.78 is 35.7. The Balaban J connectivity index is 2.62. The van der Waals surface area contributed by atoms with Crippen molar-refractivity contribution < 1.29 is 18.3 Å². The zero-order valence-corrected chi connectivity index (χ0v) is 7.96. The van der Waals surface area contributed by atoms with Crippen molar-refractivity contribution >= 4 is 5.69 Å². The van der Waals surface area contributed by atoms with Crippen LogP contribution in [-0.2, 0) is 0 Å². The average molecular weight is 219 g/mol. The van der Waals surface area contributed by atoms with Crippen molar-refractivity contribution in [2.45, 2.75) is 25.1 Å². The predicted octanol–water partition coefficient (Wildman–Crippen LogP) is 2.64. The fourth-order valence-corrected chi connectivity index (χ4v) is 1.27. The summed E-state index contributed by atoms with van der Waals surface area (Å²) in [4.78, 5) is 0. The third-order valence-corrected chi connectivity index (χ3v) is 2.06. The average Bonchev–Trinajstić information content (AvgIpc) is 2.14. The highest BCUT2D eigenvalue weighted by atomic mass is 19.4. The molecule has 0 fully saturated rings. The number of para-hydroxylation sites is 1. The van der Waals surface area contributed by atoms with Gasteiger partial charge >= 0.3 is 6.18 Å². The van der Waals surface area contributed by atoms with Crippen LogP contribution in [-0.4, -0.2) is 11.3 Å². The van der Waals surface area contributed by atoms with Crippen molar-refractivity contribution in [2.24, 2.45) is 0 Å². The van der Waals surface area contributed by atoms with Gasteiger partial charge in [-0.25, -0.2) is 0 Å². The first kappa shape index (κ1) is 11.8. The molecule has 1 aromatic rings. The van der Waals surface area contributed by atoms with E-state index in [1.54, 1.807) is 18.2 Å². The number of anilines is 1. The molecule has 0 bridgehead atoms. The predicted molar refractivity (Wildman–Crippen MR) is 51.1 cm³/mol. The third-order valence-electron chi connectivity index (χ3n) is 2.06. The molecule has 0 saturated heterocycles. The molecular formula is C10H12F3NO. The fraction of sp³-hybridized carbons (Fsp3) is 0.400. The molecule has 1 rings (SSSR count). The second-order valence-electron chi connectivity index (χ2n) is 3.30. The highest BCUT2D eigenvalue weighted by Gasteiger charge is 2.28. The number of aliphatic hydroxyl groups excluding tert-OH is 1. The lowest BCUT2D eigenvalue weighted by Gasteiger charge is -2.14. The van der Waals surface area contributed by atoms with Crippen molar-refractivity contribution in [2.75, 3.05) is 5.73 Å². The van der Waals surface area contributed by atoms with E-state index < -0.39 is 18.7 Å². The first-order chi connectivity index (χ1) is 6.90. The van der Waals surface area contributed by atoms with Gasteiger partial charge in [-0.2, -0.15) is 13.2 Å².